The summed E-state index contributed by atoms with van der Waals surface area (Å²) in [6.45, 7) is 0.490. The Hall–Kier alpha value is -3.24. The monoisotopic (exact) mass is 426 g/mol. The highest BCUT2D eigenvalue weighted by Crippen LogP contribution is 2.35. The summed E-state index contributed by atoms with van der Waals surface area (Å²) in [4.78, 5) is 22.8. The first kappa shape index (κ1) is 18.8. The average Bonchev–Trinajstić information content (AvgIpc) is 3.41. The van der Waals surface area contributed by atoms with Crippen molar-refractivity contribution in [2.24, 2.45) is 0 Å². The van der Waals surface area contributed by atoms with E-state index < -0.39 is 22.2 Å². The Morgan fingerprint density at radius 1 is 1.10 bits per heavy atom. The van der Waals surface area contributed by atoms with E-state index in [9.17, 15) is 13.2 Å². The minimum absolute atomic E-state index is 0.0167. The molecule has 0 saturated carbocycles. The molecule has 0 radical (unpaired) electrons. The molecular formula is C20H18N4O5S. The van der Waals surface area contributed by atoms with Gasteiger partial charge in [-0.15, -0.1) is 0 Å². The SMILES string of the molecule is O=C(c1ccoc1)N1C[C@@H]2Oc3ncccc3S(=O)(=O)N(Cc3ccccn3)[C@H]2C1. The predicted octanol–water partition coefficient (Wildman–Crippen LogP) is 1.55. The van der Waals surface area contributed by atoms with Gasteiger partial charge in [-0.3, -0.25) is 9.78 Å². The van der Waals surface area contributed by atoms with Crippen LogP contribution in [0.4, 0.5) is 0 Å². The second-order valence-corrected chi connectivity index (χ2v) is 8.98. The summed E-state index contributed by atoms with van der Waals surface area (Å²) < 4.78 is 39.5. The molecule has 30 heavy (non-hydrogen) atoms. The van der Waals surface area contributed by atoms with Crippen LogP contribution in [-0.4, -0.2) is 58.7 Å². The van der Waals surface area contributed by atoms with Gasteiger partial charge in [-0.25, -0.2) is 13.4 Å². The third kappa shape index (κ3) is 3.14. The van der Waals surface area contributed by atoms with E-state index in [1.807, 2.05) is 0 Å². The van der Waals surface area contributed by atoms with E-state index in [0.29, 0.717) is 11.3 Å². The van der Waals surface area contributed by atoms with Gasteiger partial charge in [-0.1, -0.05) is 6.07 Å². The van der Waals surface area contributed by atoms with Crippen molar-refractivity contribution in [2.75, 3.05) is 13.1 Å². The summed E-state index contributed by atoms with van der Waals surface area (Å²) in [5, 5.41) is 0. The number of aromatic nitrogens is 2. The Balaban J connectivity index is 1.55. The molecule has 10 heteroatoms. The highest BCUT2D eigenvalue weighted by molar-refractivity contribution is 7.89. The molecule has 5 rings (SSSR count). The zero-order valence-electron chi connectivity index (χ0n) is 15.8. The van der Waals surface area contributed by atoms with Crippen LogP contribution in [0.25, 0.3) is 0 Å². The van der Waals surface area contributed by atoms with Gasteiger partial charge in [0.15, 0.2) is 0 Å². The maximum Gasteiger partial charge on any atom is 0.257 e. The van der Waals surface area contributed by atoms with E-state index in [1.54, 1.807) is 41.4 Å². The third-order valence-corrected chi connectivity index (χ3v) is 7.18. The molecule has 3 aromatic heterocycles. The molecule has 0 aliphatic carbocycles. The molecule has 0 unspecified atom stereocenters. The number of hydrogen-bond donors (Lipinski definition) is 0. The second kappa shape index (κ2) is 7.22. The van der Waals surface area contributed by atoms with Crippen LogP contribution in [0.2, 0.25) is 0 Å². The number of nitrogens with zero attached hydrogens (tertiary/aromatic N) is 4. The molecule has 1 saturated heterocycles. The largest absolute Gasteiger partial charge is 0.472 e. The van der Waals surface area contributed by atoms with E-state index in [0.717, 1.165) is 0 Å². The molecule has 1 fully saturated rings. The number of furan rings is 1. The summed E-state index contributed by atoms with van der Waals surface area (Å²) in [5.74, 6) is -0.189. The third-order valence-electron chi connectivity index (χ3n) is 5.29. The molecule has 9 nitrogen and oxygen atoms in total. The number of amides is 1. The lowest BCUT2D eigenvalue weighted by molar-refractivity contribution is 0.0769. The molecule has 1 amide bonds. The maximum absolute atomic E-state index is 13.5. The number of ether oxygens (including phenoxy) is 1. The molecule has 2 aliphatic rings. The number of sulfonamides is 1. The van der Waals surface area contributed by atoms with Crippen LogP contribution in [0.15, 0.2) is 70.6 Å². The molecular weight excluding hydrogens is 408 g/mol. The fourth-order valence-electron chi connectivity index (χ4n) is 3.85. The van der Waals surface area contributed by atoms with Crippen LogP contribution in [0.1, 0.15) is 16.1 Å². The summed E-state index contributed by atoms with van der Waals surface area (Å²) in [5.41, 5.74) is 1.01. The lowest BCUT2D eigenvalue weighted by Crippen LogP contribution is -2.46. The van der Waals surface area contributed by atoms with Crippen molar-refractivity contribution in [3.8, 4) is 5.88 Å². The first-order valence-electron chi connectivity index (χ1n) is 9.39. The van der Waals surface area contributed by atoms with Crippen molar-refractivity contribution in [2.45, 2.75) is 23.6 Å². The predicted molar refractivity (Wildman–Crippen MR) is 104 cm³/mol. The van der Waals surface area contributed by atoms with E-state index in [2.05, 4.69) is 9.97 Å². The van der Waals surface area contributed by atoms with Crippen LogP contribution in [0.5, 0.6) is 5.88 Å². The summed E-state index contributed by atoms with van der Waals surface area (Å²) >= 11 is 0. The Bertz CT molecular complexity index is 1170. The van der Waals surface area contributed by atoms with E-state index in [1.165, 1.54) is 29.1 Å². The fourth-order valence-corrected chi connectivity index (χ4v) is 5.53. The molecule has 0 spiro atoms. The normalized spacial score (nSPS) is 22.6. The van der Waals surface area contributed by atoms with Crippen LogP contribution in [0.3, 0.4) is 0 Å². The lowest BCUT2D eigenvalue weighted by atomic mass is 10.2. The Labute approximate surface area is 173 Å². The van der Waals surface area contributed by atoms with Crippen LogP contribution >= 0.6 is 0 Å². The molecule has 0 aromatic carbocycles. The summed E-state index contributed by atoms with van der Waals surface area (Å²) in [6, 6.07) is 9.39. The molecule has 2 atom stereocenters. The topological polar surface area (TPSA) is 106 Å². The van der Waals surface area contributed by atoms with Gasteiger partial charge < -0.3 is 14.1 Å². The zero-order valence-corrected chi connectivity index (χ0v) is 16.6. The van der Waals surface area contributed by atoms with Crippen molar-refractivity contribution in [3.05, 3.63) is 72.6 Å². The number of pyridine rings is 2. The minimum Gasteiger partial charge on any atom is -0.472 e. The van der Waals surface area contributed by atoms with Crippen molar-refractivity contribution < 1.29 is 22.4 Å². The Morgan fingerprint density at radius 2 is 1.97 bits per heavy atom. The van der Waals surface area contributed by atoms with E-state index in [-0.39, 0.29) is 36.3 Å². The number of likely N-dealkylation sites (tertiary alicyclic amines) is 1. The van der Waals surface area contributed by atoms with Crippen LogP contribution < -0.4 is 4.74 Å². The number of fused-ring (bicyclic) bond motifs is 2. The number of rotatable bonds is 3. The van der Waals surface area contributed by atoms with Crippen LogP contribution in [-0.2, 0) is 16.6 Å². The van der Waals surface area contributed by atoms with Gasteiger partial charge in [0.2, 0.25) is 15.9 Å². The average molecular weight is 426 g/mol. The smallest absolute Gasteiger partial charge is 0.257 e. The van der Waals surface area contributed by atoms with Gasteiger partial charge in [-0.2, -0.15) is 4.31 Å². The standard InChI is InChI=1S/C20H18N4O5S/c25-20(14-6-9-28-13-14)23-11-16-17(12-23)29-19-18(5-3-8-22-19)30(26,27)24(16)10-15-4-1-2-7-21-15/h1-9,13,16-17H,10-12H2/t16-,17-/m0/s1. The van der Waals surface area contributed by atoms with E-state index in [4.69, 9.17) is 9.15 Å². The fraction of sp³-hybridized carbons (Fsp3) is 0.250. The first-order valence-corrected chi connectivity index (χ1v) is 10.8. The number of carbonyl (C=O) groups excluding carboxylic acids is 1. The quantitative estimate of drug-likeness (QED) is 0.625. The molecule has 0 bridgehead atoms. The number of carbonyl (C=O) groups is 1. The van der Waals surface area contributed by atoms with Gasteiger partial charge >= 0.3 is 0 Å². The Morgan fingerprint density at radius 3 is 2.73 bits per heavy atom. The first-order chi connectivity index (χ1) is 14.5. The minimum atomic E-state index is -3.93. The van der Waals surface area contributed by atoms with Gasteiger partial charge in [0, 0.05) is 18.9 Å². The van der Waals surface area contributed by atoms with Crippen molar-refractivity contribution >= 4 is 15.9 Å². The lowest BCUT2D eigenvalue weighted by Gasteiger charge is -2.27. The van der Waals surface area contributed by atoms with Crippen molar-refractivity contribution in [1.29, 1.82) is 0 Å². The van der Waals surface area contributed by atoms with Crippen LogP contribution in [0, 0.1) is 0 Å². The van der Waals surface area contributed by atoms with Crippen molar-refractivity contribution in [3.63, 3.8) is 0 Å². The molecule has 154 valence electrons. The molecule has 0 N–H and O–H groups in total. The summed E-state index contributed by atoms with van der Waals surface area (Å²) in [6.07, 6.45) is 5.34. The summed E-state index contributed by atoms with van der Waals surface area (Å²) in [7, 11) is -3.93. The van der Waals surface area contributed by atoms with Gasteiger partial charge in [-0.05, 0) is 30.3 Å². The Kier molecular flexibility index (Phi) is 4.52. The zero-order chi connectivity index (χ0) is 20.7. The number of hydrogen-bond acceptors (Lipinski definition) is 7. The highest BCUT2D eigenvalue weighted by atomic mass is 32.2. The van der Waals surface area contributed by atoms with Gasteiger partial charge in [0.05, 0.1) is 36.7 Å². The highest BCUT2D eigenvalue weighted by Gasteiger charge is 2.48. The van der Waals surface area contributed by atoms with Crippen molar-refractivity contribution in [1.82, 2.24) is 19.2 Å². The van der Waals surface area contributed by atoms with E-state index >= 15 is 0 Å². The molecule has 2 aliphatic heterocycles. The molecule has 5 heterocycles. The maximum atomic E-state index is 13.5. The molecule has 3 aromatic rings. The second-order valence-electron chi connectivity index (χ2n) is 7.12. The van der Waals surface area contributed by atoms with Gasteiger partial charge in [0.1, 0.15) is 17.3 Å². The van der Waals surface area contributed by atoms with Gasteiger partial charge in [0.25, 0.3) is 5.91 Å².